The fourth-order valence-electron chi connectivity index (χ4n) is 3.40. The molecule has 0 amide bonds. The van der Waals surface area contributed by atoms with E-state index in [-0.39, 0.29) is 5.92 Å². The molecule has 0 saturated heterocycles. The molecule has 0 N–H and O–H groups in total. The quantitative estimate of drug-likeness (QED) is 0.500. The normalized spacial score (nSPS) is 12.0. The number of benzene rings is 3. The highest BCUT2D eigenvalue weighted by molar-refractivity contribution is 5.89. The highest BCUT2D eigenvalue weighted by atomic mass is 16.1. The number of hydrogen-bond donors (Lipinski definition) is 0. The van der Waals surface area contributed by atoms with Crippen LogP contribution in [0.15, 0.2) is 66.7 Å². The Bertz CT molecular complexity index is 875. The molecule has 0 aliphatic rings. The minimum atomic E-state index is -0.0833. The molecular weight excluding hydrogens is 304 g/mol. The van der Waals surface area contributed by atoms with E-state index in [2.05, 4.69) is 87.5 Å². The van der Waals surface area contributed by atoms with E-state index in [1.165, 1.54) is 33.4 Å². The second kappa shape index (κ2) is 7.48. The van der Waals surface area contributed by atoms with Crippen molar-refractivity contribution in [2.75, 3.05) is 0 Å². The SMILES string of the molecule is CCC(C=O)c1cccc(-c2ccc(C)cc2)c1-c1ccccc1C. The summed E-state index contributed by atoms with van der Waals surface area (Å²) in [5, 5.41) is 0. The highest BCUT2D eigenvalue weighted by Gasteiger charge is 2.19. The number of rotatable bonds is 5. The summed E-state index contributed by atoms with van der Waals surface area (Å²) in [6.45, 7) is 6.30. The summed E-state index contributed by atoms with van der Waals surface area (Å²) >= 11 is 0. The second-order valence-electron chi connectivity index (χ2n) is 6.60. The third-order valence-corrected chi connectivity index (χ3v) is 4.88. The highest BCUT2D eigenvalue weighted by Crippen LogP contribution is 2.39. The Morgan fingerprint density at radius 3 is 2.16 bits per heavy atom. The summed E-state index contributed by atoms with van der Waals surface area (Å²) in [4.78, 5) is 11.7. The first kappa shape index (κ1) is 17.2. The van der Waals surface area contributed by atoms with Crippen LogP contribution in [-0.4, -0.2) is 6.29 Å². The molecular formula is C24H24O. The fraction of sp³-hybridized carbons (Fsp3) is 0.208. The Morgan fingerprint density at radius 2 is 1.52 bits per heavy atom. The van der Waals surface area contributed by atoms with Gasteiger partial charge in [-0.05, 0) is 53.6 Å². The van der Waals surface area contributed by atoms with Gasteiger partial charge in [0.2, 0.25) is 0 Å². The smallest absolute Gasteiger partial charge is 0.127 e. The summed E-state index contributed by atoms with van der Waals surface area (Å²) in [6, 6.07) is 23.4. The van der Waals surface area contributed by atoms with E-state index in [0.29, 0.717) is 0 Å². The molecule has 0 bridgehead atoms. The summed E-state index contributed by atoms with van der Waals surface area (Å²) < 4.78 is 0. The van der Waals surface area contributed by atoms with Crippen molar-refractivity contribution < 1.29 is 4.79 Å². The van der Waals surface area contributed by atoms with Gasteiger partial charge in [-0.3, -0.25) is 0 Å². The van der Waals surface area contributed by atoms with Crippen molar-refractivity contribution >= 4 is 6.29 Å². The Balaban J connectivity index is 2.32. The van der Waals surface area contributed by atoms with Gasteiger partial charge in [0.15, 0.2) is 0 Å². The van der Waals surface area contributed by atoms with Crippen molar-refractivity contribution in [3.63, 3.8) is 0 Å². The van der Waals surface area contributed by atoms with E-state index in [1.54, 1.807) is 0 Å². The largest absolute Gasteiger partial charge is 0.303 e. The lowest BCUT2D eigenvalue weighted by Gasteiger charge is -2.20. The van der Waals surface area contributed by atoms with Crippen molar-refractivity contribution in [2.24, 2.45) is 0 Å². The zero-order valence-corrected chi connectivity index (χ0v) is 15.1. The summed E-state index contributed by atoms with van der Waals surface area (Å²) in [6.07, 6.45) is 1.88. The predicted octanol–water partition coefficient (Wildman–Crippen LogP) is 6.33. The van der Waals surface area contributed by atoms with Crippen LogP contribution in [0.1, 0.15) is 36.0 Å². The molecule has 3 rings (SSSR count). The fourth-order valence-corrected chi connectivity index (χ4v) is 3.40. The third-order valence-electron chi connectivity index (χ3n) is 4.88. The van der Waals surface area contributed by atoms with Gasteiger partial charge >= 0.3 is 0 Å². The van der Waals surface area contributed by atoms with Crippen LogP contribution in [0.3, 0.4) is 0 Å². The first-order chi connectivity index (χ1) is 12.2. The van der Waals surface area contributed by atoms with E-state index < -0.39 is 0 Å². The van der Waals surface area contributed by atoms with Gasteiger partial charge in [-0.1, -0.05) is 79.2 Å². The molecule has 0 fully saturated rings. The lowest BCUT2D eigenvalue weighted by Crippen LogP contribution is -2.03. The van der Waals surface area contributed by atoms with Gasteiger partial charge in [0.1, 0.15) is 6.29 Å². The monoisotopic (exact) mass is 328 g/mol. The number of carbonyl (C=O) groups is 1. The summed E-state index contributed by atoms with van der Waals surface area (Å²) in [5.41, 5.74) is 8.35. The first-order valence-corrected chi connectivity index (χ1v) is 8.87. The Hall–Kier alpha value is -2.67. The molecule has 0 heterocycles. The summed E-state index contributed by atoms with van der Waals surface area (Å²) in [5.74, 6) is -0.0833. The van der Waals surface area contributed by atoms with Gasteiger partial charge in [-0.25, -0.2) is 0 Å². The molecule has 0 spiro atoms. The Kier molecular flexibility index (Phi) is 5.14. The lowest BCUT2D eigenvalue weighted by atomic mass is 9.83. The molecule has 0 aromatic heterocycles. The molecule has 0 saturated carbocycles. The molecule has 1 unspecified atom stereocenters. The van der Waals surface area contributed by atoms with E-state index in [9.17, 15) is 4.79 Å². The van der Waals surface area contributed by atoms with E-state index in [4.69, 9.17) is 0 Å². The zero-order valence-electron chi connectivity index (χ0n) is 15.1. The van der Waals surface area contributed by atoms with Crippen molar-refractivity contribution in [3.8, 4) is 22.3 Å². The molecule has 1 nitrogen and oxygen atoms in total. The Morgan fingerprint density at radius 1 is 0.840 bits per heavy atom. The van der Waals surface area contributed by atoms with Gasteiger partial charge < -0.3 is 4.79 Å². The van der Waals surface area contributed by atoms with Gasteiger partial charge in [0.05, 0.1) is 0 Å². The average Bonchev–Trinajstić information content (AvgIpc) is 2.64. The number of hydrogen-bond acceptors (Lipinski definition) is 1. The maximum absolute atomic E-state index is 11.7. The van der Waals surface area contributed by atoms with E-state index in [0.717, 1.165) is 18.3 Å². The third kappa shape index (κ3) is 3.41. The van der Waals surface area contributed by atoms with E-state index in [1.807, 2.05) is 0 Å². The van der Waals surface area contributed by atoms with Crippen LogP contribution in [0, 0.1) is 13.8 Å². The maximum atomic E-state index is 11.7. The molecule has 0 aliphatic carbocycles. The molecule has 25 heavy (non-hydrogen) atoms. The molecule has 0 radical (unpaired) electrons. The van der Waals surface area contributed by atoms with Crippen LogP contribution in [0.25, 0.3) is 22.3 Å². The Labute approximate surface area is 150 Å². The molecule has 0 aliphatic heterocycles. The molecule has 1 heteroatoms. The van der Waals surface area contributed by atoms with Crippen molar-refractivity contribution in [1.29, 1.82) is 0 Å². The predicted molar refractivity (Wildman–Crippen MR) is 106 cm³/mol. The second-order valence-corrected chi connectivity index (χ2v) is 6.60. The van der Waals surface area contributed by atoms with Crippen LogP contribution in [-0.2, 0) is 4.79 Å². The van der Waals surface area contributed by atoms with Crippen molar-refractivity contribution in [1.82, 2.24) is 0 Å². The average molecular weight is 328 g/mol. The van der Waals surface area contributed by atoms with Gasteiger partial charge in [0, 0.05) is 5.92 Å². The topological polar surface area (TPSA) is 17.1 Å². The van der Waals surface area contributed by atoms with Gasteiger partial charge in [-0.2, -0.15) is 0 Å². The van der Waals surface area contributed by atoms with Gasteiger partial charge in [-0.15, -0.1) is 0 Å². The first-order valence-electron chi connectivity index (χ1n) is 8.87. The maximum Gasteiger partial charge on any atom is 0.127 e. The number of aldehydes is 1. The minimum absolute atomic E-state index is 0.0833. The van der Waals surface area contributed by atoms with E-state index >= 15 is 0 Å². The van der Waals surface area contributed by atoms with Crippen LogP contribution < -0.4 is 0 Å². The van der Waals surface area contributed by atoms with Gasteiger partial charge in [0.25, 0.3) is 0 Å². The standard InChI is InChI=1S/C24H24O/c1-4-19(16-25)22-10-7-11-23(20-14-12-17(2)13-15-20)24(22)21-9-6-5-8-18(21)3/h5-16,19H,4H2,1-3H3. The van der Waals surface area contributed by atoms with Crippen LogP contribution in [0.2, 0.25) is 0 Å². The lowest BCUT2D eigenvalue weighted by molar-refractivity contribution is -0.109. The van der Waals surface area contributed by atoms with Crippen LogP contribution in [0.5, 0.6) is 0 Å². The molecule has 126 valence electrons. The minimum Gasteiger partial charge on any atom is -0.303 e. The molecule has 1 atom stereocenters. The molecule has 3 aromatic carbocycles. The van der Waals surface area contributed by atoms with Crippen LogP contribution in [0.4, 0.5) is 0 Å². The number of carbonyl (C=O) groups excluding carboxylic acids is 1. The zero-order chi connectivity index (χ0) is 17.8. The molecule has 3 aromatic rings. The van der Waals surface area contributed by atoms with Crippen molar-refractivity contribution in [3.05, 3.63) is 83.4 Å². The van der Waals surface area contributed by atoms with Crippen LogP contribution >= 0.6 is 0 Å². The number of aryl methyl sites for hydroxylation is 2. The van der Waals surface area contributed by atoms with Crippen molar-refractivity contribution in [2.45, 2.75) is 33.1 Å². The summed E-state index contributed by atoms with van der Waals surface area (Å²) in [7, 11) is 0.